The van der Waals surface area contributed by atoms with Crippen LogP contribution >= 0.6 is 0 Å². The number of anilines is 9. The average molecular weight is 1310 g/mol. The highest BCUT2D eigenvalue weighted by Gasteiger charge is 2.22. The van der Waals surface area contributed by atoms with Gasteiger partial charge in [-0.05, 0) is 183 Å². The molecule has 0 fully saturated rings. The first-order chi connectivity index (χ1) is 50.6. The smallest absolute Gasteiger partial charge is 0.143 e. The first-order valence-electron chi connectivity index (χ1n) is 34.8. The Balaban J connectivity index is 0.664. The van der Waals surface area contributed by atoms with Crippen molar-refractivity contribution in [1.82, 2.24) is 0 Å². The van der Waals surface area contributed by atoms with Crippen LogP contribution in [0.15, 0.2) is 409 Å². The Labute approximate surface area is 593 Å². The van der Waals surface area contributed by atoms with Crippen LogP contribution in [0.5, 0.6) is 0 Å². The number of hydrogen-bond donors (Lipinski definition) is 0. The largest absolute Gasteiger partial charge is 0.455 e. The lowest BCUT2D eigenvalue weighted by Gasteiger charge is -2.27. The van der Waals surface area contributed by atoms with Crippen LogP contribution in [0.1, 0.15) is 22.6 Å². The fourth-order valence-electron chi connectivity index (χ4n) is 14.8. The van der Waals surface area contributed by atoms with E-state index in [1.54, 1.807) is 0 Å². The van der Waals surface area contributed by atoms with Crippen molar-refractivity contribution in [3.63, 3.8) is 0 Å². The van der Waals surface area contributed by atoms with Crippen LogP contribution in [0.25, 0.3) is 99.5 Å². The predicted octanol–water partition coefficient (Wildman–Crippen LogP) is 27.4. The van der Waals surface area contributed by atoms with Gasteiger partial charge in [0.25, 0.3) is 0 Å². The number of hydrogen-bond acceptors (Lipinski definition) is 5. The summed E-state index contributed by atoms with van der Waals surface area (Å²) < 4.78 is 13.1. The zero-order valence-electron chi connectivity index (χ0n) is 55.8. The van der Waals surface area contributed by atoms with Gasteiger partial charge < -0.3 is 23.5 Å². The van der Waals surface area contributed by atoms with E-state index in [2.05, 4.69) is 391 Å². The van der Waals surface area contributed by atoms with Gasteiger partial charge in [0.1, 0.15) is 22.3 Å². The number of rotatable bonds is 17. The maximum atomic E-state index is 6.53. The van der Waals surface area contributed by atoms with Crippen molar-refractivity contribution in [1.29, 1.82) is 0 Å². The molecule has 18 aromatic rings. The lowest BCUT2D eigenvalue weighted by atomic mass is 9.84. The second-order valence-electron chi connectivity index (χ2n) is 25.9. The molecule has 0 spiro atoms. The molecule has 2 aromatic heterocycles. The quantitative estimate of drug-likeness (QED) is 0.0849. The third kappa shape index (κ3) is 11.7. The Morgan fingerprint density at radius 1 is 0.167 bits per heavy atom. The highest BCUT2D eigenvalue weighted by molar-refractivity contribution is 6.11. The molecule has 0 unspecified atom stereocenters. The third-order valence-corrected chi connectivity index (χ3v) is 19.8. The summed E-state index contributed by atoms with van der Waals surface area (Å²) in [6.45, 7) is 0. The van der Waals surface area contributed by atoms with Crippen molar-refractivity contribution in [2.45, 2.75) is 5.92 Å². The molecule has 0 saturated heterocycles. The fourth-order valence-corrected chi connectivity index (χ4v) is 14.8. The number of furan rings is 2. The van der Waals surface area contributed by atoms with Crippen molar-refractivity contribution in [2.24, 2.45) is 0 Å². The van der Waals surface area contributed by atoms with Gasteiger partial charge in [-0.1, -0.05) is 279 Å². The van der Waals surface area contributed by atoms with Gasteiger partial charge in [-0.3, -0.25) is 0 Å². The van der Waals surface area contributed by atoms with Crippen LogP contribution in [0.4, 0.5) is 51.2 Å². The van der Waals surface area contributed by atoms with Gasteiger partial charge in [0.15, 0.2) is 0 Å². The molecule has 0 N–H and O–H groups in total. The Bertz CT molecular complexity index is 5470. The van der Waals surface area contributed by atoms with Crippen LogP contribution in [0.3, 0.4) is 0 Å². The number of benzene rings is 16. The molecular formula is C97H67N3O2. The monoisotopic (exact) mass is 1310 g/mol. The topological polar surface area (TPSA) is 36.0 Å². The van der Waals surface area contributed by atoms with Crippen LogP contribution in [0, 0.1) is 0 Å². The minimum absolute atomic E-state index is 0.129. The molecule has 0 saturated carbocycles. The van der Waals surface area contributed by atoms with E-state index in [-0.39, 0.29) is 5.92 Å². The summed E-state index contributed by atoms with van der Waals surface area (Å²) in [5.41, 5.74) is 28.0. The van der Waals surface area contributed by atoms with Gasteiger partial charge in [-0.2, -0.15) is 0 Å². The van der Waals surface area contributed by atoms with Crippen LogP contribution in [-0.4, -0.2) is 0 Å². The molecule has 2 heterocycles. The minimum atomic E-state index is 0.129. The third-order valence-electron chi connectivity index (χ3n) is 19.8. The number of nitrogens with zero attached hydrogens (tertiary/aromatic N) is 3. The molecule has 5 nitrogen and oxygen atoms in total. The van der Waals surface area contributed by atoms with Crippen LogP contribution < -0.4 is 14.7 Å². The molecule has 0 aliphatic heterocycles. The molecule has 0 amide bonds. The first kappa shape index (κ1) is 60.9. The van der Waals surface area contributed by atoms with E-state index in [0.29, 0.717) is 0 Å². The molecule has 0 radical (unpaired) electrons. The average Bonchev–Trinajstić information content (AvgIpc) is 1.56. The molecule has 5 heteroatoms. The zero-order chi connectivity index (χ0) is 67.7. The molecule has 102 heavy (non-hydrogen) atoms. The summed E-state index contributed by atoms with van der Waals surface area (Å²) in [5.74, 6) is 0.129. The highest BCUT2D eigenvalue weighted by Crippen LogP contribution is 2.45. The maximum absolute atomic E-state index is 6.53. The molecular weight excluding hydrogens is 1240 g/mol. The van der Waals surface area contributed by atoms with E-state index < -0.39 is 0 Å². The molecule has 0 aliphatic carbocycles. The summed E-state index contributed by atoms with van der Waals surface area (Å²) >= 11 is 0. The molecule has 0 aliphatic rings. The molecule has 0 atom stereocenters. The van der Waals surface area contributed by atoms with E-state index >= 15 is 0 Å². The summed E-state index contributed by atoms with van der Waals surface area (Å²) in [5, 5.41) is 4.46. The fraction of sp³-hybridized carbons (Fsp3) is 0.0103. The lowest BCUT2D eigenvalue weighted by Crippen LogP contribution is -2.10. The second kappa shape index (κ2) is 26.7. The normalized spacial score (nSPS) is 11.4. The van der Waals surface area contributed by atoms with E-state index in [4.69, 9.17) is 8.83 Å². The van der Waals surface area contributed by atoms with Gasteiger partial charge in [-0.25, -0.2) is 0 Å². The van der Waals surface area contributed by atoms with Gasteiger partial charge in [0.05, 0.1) is 0 Å². The Morgan fingerprint density at radius 2 is 0.392 bits per heavy atom. The van der Waals surface area contributed by atoms with Crippen LogP contribution in [0.2, 0.25) is 0 Å². The summed E-state index contributed by atoms with van der Waals surface area (Å²) in [4.78, 5) is 6.99. The predicted molar refractivity (Wildman–Crippen MR) is 426 cm³/mol. The van der Waals surface area contributed by atoms with E-state index in [1.165, 1.54) is 16.7 Å². The molecule has 0 bridgehead atoms. The number of para-hydroxylation sites is 6. The van der Waals surface area contributed by atoms with Gasteiger partial charge in [0.2, 0.25) is 0 Å². The van der Waals surface area contributed by atoms with E-state index in [0.717, 1.165) is 151 Å². The maximum Gasteiger partial charge on any atom is 0.143 e. The van der Waals surface area contributed by atoms with Crippen molar-refractivity contribution in [2.75, 3.05) is 14.7 Å². The lowest BCUT2D eigenvalue weighted by molar-refractivity contribution is 0.669. The van der Waals surface area contributed by atoms with Crippen molar-refractivity contribution in [3.8, 4) is 55.6 Å². The molecule has 18 rings (SSSR count). The van der Waals surface area contributed by atoms with Gasteiger partial charge >= 0.3 is 0 Å². The second-order valence-corrected chi connectivity index (χ2v) is 25.9. The van der Waals surface area contributed by atoms with Crippen molar-refractivity contribution < 1.29 is 8.83 Å². The Morgan fingerprint density at radius 3 is 0.696 bits per heavy atom. The Kier molecular flexibility index (Phi) is 16.0. The first-order valence-corrected chi connectivity index (χ1v) is 34.8. The van der Waals surface area contributed by atoms with Gasteiger partial charge in [0, 0.05) is 89.8 Å². The standard InChI is InChI=1S/C97H67N3O2/c1-5-19-75(20-6-1)95(76-21-7-2-8-22-76)77-37-35-67(36-38-77)68-39-55-81(56-40-68)99(85-63-49-73(50-64-85)87-29-17-31-91-89-27-13-15-33-93(89)101-96(87)91)82-59-45-71(46-60-82)72-47-61-84(62-48-72)100(86-65-51-74(52-66-86)88-30-18-32-92-90-28-14-16-34-94(90)102-97(88)92)83-57-43-70(44-58-83)69-41-53-80(54-42-69)98(78-23-9-3-10-24-78)79-25-11-4-12-26-79/h1-66,95H. The van der Waals surface area contributed by atoms with Crippen molar-refractivity contribution in [3.05, 3.63) is 417 Å². The molecule has 482 valence electrons. The van der Waals surface area contributed by atoms with Crippen molar-refractivity contribution >= 4 is 95.1 Å². The summed E-state index contributed by atoms with van der Waals surface area (Å²) in [6.07, 6.45) is 0. The minimum Gasteiger partial charge on any atom is -0.455 e. The number of fused-ring (bicyclic) bond motifs is 6. The summed E-state index contributed by atoms with van der Waals surface area (Å²) in [7, 11) is 0. The highest BCUT2D eigenvalue weighted by atomic mass is 16.3. The zero-order valence-corrected chi connectivity index (χ0v) is 55.8. The van der Waals surface area contributed by atoms with E-state index in [1.807, 2.05) is 24.3 Å². The Hall–Kier alpha value is -13.5. The summed E-state index contributed by atoms with van der Waals surface area (Å²) in [6, 6.07) is 144. The molecule has 16 aromatic carbocycles. The van der Waals surface area contributed by atoms with Crippen LogP contribution in [-0.2, 0) is 0 Å². The van der Waals surface area contributed by atoms with E-state index in [9.17, 15) is 0 Å². The SMILES string of the molecule is c1ccc(C(c2ccccc2)c2ccc(-c3ccc(N(c4ccc(-c5ccc(N(c6ccc(-c7ccc(N(c8ccccc8)c8ccccc8)cc7)cc6)c6ccc(-c7cccc8c7oc7ccccc78)cc6)cc5)cc4)c4ccc(-c5cccc6c5oc5ccccc56)cc4)cc3)cc2)cc1. The van der Waals surface area contributed by atoms with Gasteiger partial charge in [-0.15, -0.1) is 0 Å².